The molecule has 1 rings (SSSR count). The molecule has 1 heterocycles. The van der Waals surface area contributed by atoms with Crippen LogP contribution in [0.15, 0.2) is 0 Å². The second kappa shape index (κ2) is 2.62. The van der Waals surface area contributed by atoms with Crippen LogP contribution in [0.25, 0.3) is 0 Å². The highest BCUT2D eigenvalue weighted by atomic mass is 32.1. The zero-order valence-electron chi connectivity index (χ0n) is 5.70. The average molecular weight is 159 g/mol. The van der Waals surface area contributed by atoms with Crippen LogP contribution in [0.4, 0.5) is 0 Å². The van der Waals surface area contributed by atoms with Gasteiger partial charge in [0.05, 0.1) is 0 Å². The monoisotopic (exact) mass is 159 g/mol. The third-order valence-electron chi connectivity index (χ3n) is 1.48. The van der Waals surface area contributed by atoms with Gasteiger partial charge in [0.2, 0.25) is 11.8 Å². The SMILES string of the molecule is CC(=O)N1CC(S)CC1=O. The Kier molecular flexibility index (Phi) is 1.99. The highest BCUT2D eigenvalue weighted by Crippen LogP contribution is 2.15. The average Bonchev–Trinajstić information content (AvgIpc) is 2.10. The summed E-state index contributed by atoms with van der Waals surface area (Å²) in [6, 6.07) is 0. The topological polar surface area (TPSA) is 37.4 Å². The molecular weight excluding hydrogens is 150 g/mol. The minimum Gasteiger partial charge on any atom is -0.282 e. The van der Waals surface area contributed by atoms with Crippen LogP contribution in [-0.4, -0.2) is 28.5 Å². The molecule has 0 aromatic rings. The number of thiol groups is 1. The predicted molar refractivity (Wildman–Crippen MR) is 39.8 cm³/mol. The van der Waals surface area contributed by atoms with Crippen LogP contribution in [0, 0.1) is 0 Å². The fourth-order valence-electron chi connectivity index (χ4n) is 0.993. The lowest BCUT2D eigenvalue weighted by molar-refractivity contribution is -0.140. The largest absolute Gasteiger partial charge is 0.282 e. The fraction of sp³-hybridized carbons (Fsp3) is 0.667. The number of hydrogen-bond acceptors (Lipinski definition) is 3. The zero-order chi connectivity index (χ0) is 7.72. The van der Waals surface area contributed by atoms with Gasteiger partial charge in [0.15, 0.2) is 0 Å². The summed E-state index contributed by atoms with van der Waals surface area (Å²) >= 11 is 4.09. The molecule has 0 N–H and O–H groups in total. The number of imide groups is 1. The molecule has 0 aliphatic carbocycles. The summed E-state index contributed by atoms with van der Waals surface area (Å²) in [4.78, 5) is 22.8. The van der Waals surface area contributed by atoms with E-state index in [0.29, 0.717) is 13.0 Å². The first-order valence-electron chi connectivity index (χ1n) is 3.10. The maximum absolute atomic E-state index is 10.9. The summed E-state index contributed by atoms with van der Waals surface area (Å²) in [5, 5.41) is 0.0383. The third kappa shape index (κ3) is 1.31. The van der Waals surface area contributed by atoms with Gasteiger partial charge < -0.3 is 0 Å². The minimum atomic E-state index is -0.179. The molecule has 0 spiro atoms. The number of amides is 2. The van der Waals surface area contributed by atoms with Crippen molar-refractivity contribution in [1.29, 1.82) is 0 Å². The Labute approximate surface area is 64.8 Å². The second-order valence-corrected chi connectivity index (χ2v) is 3.11. The minimum absolute atomic E-state index is 0.0383. The quantitative estimate of drug-likeness (QED) is 0.508. The Balaban J connectivity index is 2.63. The lowest BCUT2D eigenvalue weighted by Crippen LogP contribution is -2.29. The Morgan fingerprint density at radius 3 is 2.60 bits per heavy atom. The van der Waals surface area contributed by atoms with E-state index in [1.54, 1.807) is 0 Å². The number of hydrogen-bond donors (Lipinski definition) is 1. The van der Waals surface area contributed by atoms with Crippen LogP contribution >= 0.6 is 12.6 Å². The number of likely N-dealkylation sites (tertiary alicyclic amines) is 1. The molecule has 1 aliphatic heterocycles. The van der Waals surface area contributed by atoms with E-state index >= 15 is 0 Å². The van der Waals surface area contributed by atoms with E-state index in [0.717, 1.165) is 0 Å². The van der Waals surface area contributed by atoms with Crippen LogP contribution < -0.4 is 0 Å². The van der Waals surface area contributed by atoms with Gasteiger partial charge in [0.1, 0.15) is 0 Å². The van der Waals surface area contributed by atoms with Crippen molar-refractivity contribution >= 4 is 24.4 Å². The van der Waals surface area contributed by atoms with Crippen molar-refractivity contribution in [2.24, 2.45) is 0 Å². The van der Waals surface area contributed by atoms with Gasteiger partial charge in [-0.15, -0.1) is 0 Å². The van der Waals surface area contributed by atoms with E-state index < -0.39 is 0 Å². The van der Waals surface area contributed by atoms with Crippen LogP contribution in [-0.2, 0) is 9.59 Å². The van der Waals surface area contributed by atoms with E-state index in [-0.39, 0.29) is 17.1 Å². The molecule has 1 saturated heterocycles. The number of carbonyl (C=O) groups excluding carboxylic acids is 2. The number of rotatable bonds is 0. The molecule has 56 valence electrons. The molecule has 2 amide bonds. The van der Waals surface area contributed by atoms with Gasteiger partial charge in [-0.2, -0.15) is 12.6 Å². The molecule has 10 heavy (non-hydrogen) atoms. The second-order valence-electron chi connectivity index (χ2n) is 2.38. The first-order chi connectivity index (χ1) is 4.61. The Bertz CT molecular complexity index is 181. The Morgan fingerprint density at radius 2 is 2.40 bits per heavy atom. The van der Waals surface area contributed by atoms with Gasteiger partial charge in [0, 0.05) is 25.1 Å². The van der Waals surface area contributed by atoms with Gasteiger partial charge in [-0.25, -0.2) is 0 Å². The molecule has 1 atom stereocenters. The van der Waals surface area contributed by atoms with Crippen LogP contribution in [0.1, 0.15) is 13.3 Å². The van der Waals surface area contributed by atoms with Gasteiger partial charge in [0.25, 0.3) is 0 Å². The normalized spacial score (nSPS) is 25.6. The van der Waals surface area contributed by atoms with Crippen molar-refractivity contribution in [3.05, 3.63) is 0 Å². The zero-order valence-corrected chi connectivity index (χ0v) is 6.60. The van der Waals surface area contributed by atoms with Crippen LogP contribution in [0.2, 0.25) is 0 Å². The predicted octanol–water partition coefficient (Wildman–Crippen LogP) is 0.0636. The highest BCUT2D eigenvalue weighted by Gasteiger charge is 2.29. The van der Waals surface area contributed by atoms with Gasteiger partial charge in [-0.3, -0.25) is 14.5 Å². The Hall–Kier alpha value is -0.510. The molecule has 1 aliphatic rings. The smallest absolute Gasteiger partial charge is 0.230 e. The van der Waals surface area contributed by atoms with Crippen molar-refractivity contribution in [2.75, 3.05) is 6.54 Å². The van der Waals surface area contributed by atoms with Crippen molar-refractivity contribution in [3.8, 4) is 0 Å². The maximum Gasteiger partial charge on any atom is 0.230 e. The summed E-state index contributed by atoms with van der Waals surface area (Å²) < 4.78 is 0. The van der Waals surface area contributed by atoms with E-state index in [4.69, 9.17) is 0 Å². The molecule has 3 nitrogen and oxygen atoms in total. The number of nitrogens with zero attached hydrogens (tertiary/aromatic N) is 1. The molecule has 0 radical (unpaired) electrons. The Morgan fingerprint density at radius 1 is 1.80 bits per heavy atom. The van der Waals surface area contributed by atoms with E-state index in [2.05, 4.69) is 12.6 Å². The standard InChI is InChI=1S/C6H9NO2S/c1-4(8)7-3-5(10)2-6(7)9/h5,10H,2-3H2,1H3. The summed E-state index contributed by atoms with van der Waals surface area (Å²) in [5.41, 5.74) is 0. The highest BCUT2D eigenvalue weighted by molar-refractivity contribution is 7.81. The van der Waals surface area contributed by atoms with Crippen LogP contribution in [0.3, 0.4) is 0 Å². The van der Waals surface area contributed by atoms with Crippen molar-refractivity contribution in [3.63, 3.8) is 0 Å². The summed E-state index contributed by atoms with van der Waals surface area (Å²) in [6.45, 7) is 1.86. The summed E-state index contributed by atoms with van der Waals surface area (Å²) in [6.07, 6.45) is 0.392. The van der Waals surface area contributed by atoms with E-state index in [1.165, 1.54) is 11.8 Å². The molecule has 1 fully saturated rings. The van der Waals surface area contributed by atoms with Gasteiger partial charge in [-0.1, -0.05) is 0 Å². The van der Waals surface area contributed by atoms with Gasteiger partial charge >= 0.3 is 0 Å². The lowest BCUT2D eigenvalue weighted by Gasteiger charge is -2.09. The molecule has 0 aromatic carbocycles. The number of carbonyl (C=O) groups is 2. The molecule has 4 heteroatoms. The van der Waals surface area contributed by atoms with E-state index in [9.17, 15) is 9.59 Å². The van der Waals surface area contributed by atoms with Crippen LogP contribution in [0.5, 0.6) is 0 Å². The summed E-state index contributed by atoms with van der Waals surface area (Å²) in [7, 11) is 0. The van der Waals surface area contributed by atoms with E-state index in [1.807, 2.05) is 0 Å². The lowest BCUT2D eigenvalue weighted by atomic mass is 10.4. The molecule has 1 unspecified atom stereocenters. The van der Waals surface area contributed by atoms with Crippen molar-refractivity contribution in [1.82, 2.24) is 4.90 Å². The third-order valence-corrected chi connectivity index (χ3v) is 1.83. The molecule has 0 saturated carbocycles. The molecule has 0 bridgehead atoms. The molecular formula is C6H9NO2S. The fourth-order valence-corrected chi connectivity index (χ4v) is 1.31. The van der Waals surface area contributed by atoms with Crippen molar-refractivity contribution < 1.29 is 9.59 Å². The molecule has 0 aromatic heterocycles. The maximum atomic E-state index is 10.9. The summed E-state index contributed by atoms with van der Waals surface area (Å²) in [5.74, 6) is -0.283. The van der Waals surface area contributed by atoms with Gasteiger partial charge in [-0.05, 0) is 0 Å². The first kappa shape index (κ1) is 7.60. The first-order valence-corrected chi connectivity index (χ1v) is 3.62. The van der Waals surface area contributed by atoms with Crippen molar-refractivity contribution in [2.45, 2.75) is 18.6 Å².